The van der Waals surface area contributed by atoms with Crippen molar-refractivity contribution in [2.45, 2.75) is 25.8 Å². The molecule has 2 heterocycles. The lowest BCUT2D eigenvalue weighted by atomic mass is 9.93. The van der Waals surface area contributed by atoms with Crippen LogP contribution in [-0.4, -0.2) is 56.2 Å². The lowest BCUT2D eigenvalue weighted by Gasteiger charge is -2.35. The number of piperidine rings is 1. The van der Waals surface area contributed by atoms with Gasteiger partial charge in [-0.2, -0.15) is 0 Å². The van der Waals surface area contributed by atoms with E-state index in [1.54, 1.807) is 6.07 Å². The number of para-hydroxylation sites is 1. The molecule has 3 amide bonds. The molecule has 162 valence electrons. The molecule has 9 heteroatoms. The van der Waals surface area contributed by atoms with Crippen LogP contribution in [0.15, 0.2) is 35.5 Å². The molecular formula is C21H28N4O5. The molecule has 1 fully saturated rings. The van der Waals surface area contributed by atoms with Gasteiger partial charge in [0.25, 0.3) is 0 Å². The maximum absolute atomic E-state index is 12.7. The molecule has 0 radical (unpaired) electrons. The minimum absolute atomic E-state index is 0.135. The number of nitrogens with one attached hydrogen (secondary N) is 2. The minimum atomic E-state index is -0.702. The number of benzene rings is 1. The van der Waals surface area contributed by atoms with Gasteiger partial charge < -0.3 is 25.8 Å². The number of hydrogen-bond donors (Lipinski definition) is 3. The molecule has 3 rings (SSSR count). The second-order valence-corrected chi connectivity index (χ2v) is 7.34. The van der Waals surface area contributed by atoms with Crippen molar-refractivity contribution >= 4 is 17.9 Å². The SMILES string of the molecule is CCOc1ccccc1C1NC(=O)NC(CN2CCC(C(N)=O)CC2)=C1C(=O)OC. The summed E-state index contributed by atoms with van der Waals surface area (Å²) in [5, 5.41) is 5.59. The van der Waals surface area contributed by atoms with Crippen LogP contribution in [0, 0.1) is 5.92 Å². The number of carbonyl (C=O) groups is 3. The van der Waals surface area contributed by atoms with Crippen molar-refractivity contribution in [2.24, 2.45) is 11.7 Å². The van der Waals surface area contributed by atoms with E-state index >= 15 is 0 Å². The van der Waals surface area contributed by atoms with E-state index in [0.717, 1.165) is 0 Å². The Labute approximate surface area is 175 Å². The second kappa shape index (κ2) is 9.62. The molecular weight excluding hydrogens is 388 g/mol. The highest BCUT2D eigenvalue weighted by Crippen LogP contribution is 2.34. The van der Waals surface area contributed by atoms with Gasteiger partial charge in [0.2, 0.25) is 5.91 Å². The number of rotatable bonds is 7. The third-order valence-electron chi connectivity index (χ3n) is 5.46. The van der Waals surface area contributed by atoms with Gasteiger partial charge in [-0.3, -0.25) is 9.69 Å². The Balaban J connectivity index is 1.93. The normalized spacial score (nSPS) is 20.3. The number of nitrogens with two attached hydrogens (primary N) is 1. The largest absolute Gasteiger partial charge is 0.494 e. The van der Waals surface area contributed by atoms with Crippen LogP contribution in [0.25, 0.3) is 0 Å². The van der Waals surface area contributed by atoms with E-state index in [1.807, 2.05) is 25.1 Å². The zero-order chi connectivity index (χ0) is 21.7. The Hall–Kier alpha value is -3.07. The third kappa shape index (κ3) is 4.73. The standard InChI is InChI=1S/C21H28N4O5/c1-3-30-16-7-5-4-6-14(16)18-17(20(27)29-2)15(23-21(28)24-18)12-25-10-8-13(9-11-25)19(22)26/h4-7,13,18H,3,8-12H2,1-2H3,(H2,22,26)(H2,23,24,28). The number of urea groups is 1. The summed E-state index contributed by atoms with van der Waals surface area (Å²) < 4.78 is 10.7. The molecule has 0 spiro atoms. The molecule has 1 atom stereocenters. The molecule has 1 aromatic carbocycles. The molecule has 2 aliphatic heterocycles. The fraction of sp³-hybridized carbons (Fsp3) is 0.476. The van der Waals surface area contributed by atoms with Crippen molar-refractivity contribution in [3.63, 3.8) is 0 Å². The van der Waals surface area contributed by atoms with Crippen molar-refractivity contribution in [1.29, 1.82) is 0 Å². The van der Waals surface area contributed by atoms with E-state index < -0.39 is 18.0 Å². The van der Waals surface area contributed by atoms with Gasteiger partial charge in [-0.1, -0.05) is 18.2 Å². The first kappa shape index (κ1) is 21.6. The van der Waals surface area contributed by atoms with Gasteiger partial charge >= 0.3 is 12.0 Å². The average molecular weight is 416 g/mol. The van der Waals surface area contributed by atoms with Crippen molar-refractivity contribution < 1.29 is 23.9 Å². The van der Waals surface area contributed by atoms with Crippen LogP contribution >= 0.6 is 0 Å². The number of primary amides is 1. The van der Waals surface area contributed by atoms with Gasteiger partial charge in [0.15, 0.2) is 0 Å². The van der Waals surface area contributed by atoms with Gasteiger partial charge in [-0.05, 0) is 38.9 Å². The van der Waals surface area contributed by atoms with Crippen LogP contribution in [0.1, 0.15) is 31.4 Å². The summed E-state index contributed by atoms with van der Waals surface area (Å²) in [6.07, 6.45) is 1.30. The molecule has 9 nitrogen and oxygen atoms in total. The number of amides is 3. The van der Waals surface area contributed by atoms with Crippen LogP contribution in [0.3, 0.4) is 0 Å². The quantitative estimate of drug-likeness (QED) is 0.571. The summed E-state index contributed by atoms with van der Waals surface area (Å²) in [6.45, 7) is 3.98. The average Bonchev–Trinajstić information content (AvgIpc) is 2.74. The number of carbonyl (C=O) groups excluding carboxylic acids is 3. The predicted molar refractivity (Wildman–Crippen MR) is 109 cm³/mol. The van der Waals surface area contributed by atoms with Gasteiger partial charge in [0.1, 0.15) is 5.75 Å². The van der Waals surface area contributed by atoms with E-state index in [2.05, 4.69) is 15.5 Å². The predicted octanol–water partition coefficient (Wildman–Crippen LogP) is 1.06. The van der Waals surface area contributed by atoms with Gasteiger partial charge in [-0.15, -0.1) is 0 Å². The van der Waals surface area contributed by atoms with Crippen molar-refractivity contribution in [3.8, 4) is 5.75 Å². The lowest BCUT2D eigenvalue weighted by molar-refractivity contribution is -0.136. The first-order valence-corrected chi connectivity index (χ1v) is 10.1. The van der Waals surface area contributed by atoms with E-state index in [9.17, 15) is 14.4 Å². The molecule has 1 saturated heterocycles. The fourth-order valence-electron chi connectivity index (χ4n) is 3.93. The molecule has 0 aromatic heterocycles. The number of hydrogen-bond acceptors (Lipinski definition) is 6. The maximum Gasteiger partial charge on any atom is 0.338 e. The van der Waals surface area contributed by atoms with Crippen LogP contribution < -0.4 is 21.1 Å². The Morgan fingerprint density at radius 1 is 1.23 bits per heavy atom. The smallest absolute Gasteiger partial charge is 0.338 e. The summed E-state index contributed by atoms with van der Waals surface area (Å²) in [6, 6.07) is 6.18. The molecule has 2 aliphatic rings. The topological polar surface area (TPSA) is 123 Å². The number of ether oxygens (including phenoxy) is 2. The summed E-state index contributed by atoms with van der Waals surface area (Å²) in [4.78, 5) is 38.7. The first-order valence-electron chi connectivity index (χ1n) is 10.1. The van der Waals surface area contributed by atoms with Crippen LogP contribution in [0.4, 0.5) is 4.79 Å². The van der Waals surface area contributed by atoms with Crippen LogP contribution in [0.2, 0.25) is 0 Å². The summed E-state index contributed by atoms with van der Waals surface area (Å²) in [7, 11) is 1.31. The zero-order valence-electron chi connectivity index (χ0n) is 17.3. The Morgan fingerprint density at radius 2 is 1.93 bits per heavy atom. The maximum atomic E-state index is 12.7. The molecule has 0 bridgehead atoms. The third-order valence-corrected chi connectivity index (χ3v) is 5.46. The zero-order valence-corrected chi connectivity index (χ0v) is 17.3. The van der Waals surface area contributed by atoms with E-state index in [0.29, 0.717) is 61.7 Å². The highest BCUT2D eigenvalue weighted by molar-refractivity contribution is 5.95. The summed E-state index contributed by atoms with van der Waals surface area (Å²) in [5.74, 6) is -0.355. The first-order chi connectivity index (χ1) is 14.4. The molecule has 0 aliphatic carbocycles. The van der Waals surface area contributed by atoms with Crippen molar-refractivity contribution in [2.75, 3.05) is 33.4 Å². The van der Waals surface area contributed by atoms with E-state index in [1.165, 1.54) is 7.11 Å². The van der Waals surface area contributed by atoms with Crippen molar-refractivity contribution in [3.05, 3.63) is 41.1 Å². The van der Waals surface area contributed by atoms with E-state index in [-0.39, 0.29) is 11.8 Å². The van der Waals surface area contributed by atoms with E-state index in [4.69, 9.17) is 15.2 Å². The Morgan fingerprint density at radius 3 is 2.57 bits per heavy atom. The monoisotopic (exact) mass is 416 g/mol. The van der Waals surface area contributed by atoms with Gasteiger partial charge in [0.05, 0.1) is 25.3 Å². The number of esters is 1. The highest BCUT2D eigenvalue weighted by atomic mass is 16.5. The molecule has 1 aromatic rings. The van der Waals surface area contributed by atoms with Gasteiger partial charge in [0, 0.05) is 23.7 Å². The van der Waals surface area contributed by atoms with Crippen molar-refractivity contribution in [1.82, 2.24) is 15.5 Å². The Kier molecular flexibility index (Phi) is 6.94. The fourth-order valence-corrected chi connectivity index (χ4v) is 3.93. The highest BCUT2D eigenvalue weighted by Gasteiger charge is 2.36. The molecule has 1 unspecified atom stereocenters. The summed E-state index contributed by atoms with van der Waals surface area (Å²) >= 11 is 0. The van der Waals surface area contributed by atoms with Crippen LogP contribution in [0.5, 0.6) is 5.75 Å². The summed E-state index contributed by atoms with van der Waals surface area (Å²) in [5.41, 5.74) is 6.91. The Bertz CT molecular complexity index is 846. The molecule has 0 saturated carbocycles. The minimum Gasteiger partial charge on any atom is -0.494 e. The molecule has 4 N–H and O–H groups in total. The number of nitrogens with zero attached hydrogens (tertiary/aromatic N) is 1. The lowest BCUT2D eigenvalue weighted by Crippen LogP contribution is -2.49. The number of likely N-dealkylation sites (tertiary alicyclic amines) is 1. The molecule has 30 heavy (non-hydrogen) atoms. The second-order valence-electron chi connectivity index (χ2n) is 7.34. The number of methoxy groups -OCH3 is 1. The van der Waals surface area contributed by atoms with Crippen LogP contribution in [-0.2, 0) is 14.3 Å². The van der Waals surface area contributed by atoms with Gasteiger partial charge in [-0.25, -0.2) is 9.59 Å².